The highest BCUT2D eigenvalue weighted by Gasteiger charge is 2.32. The van der Waals surface area contributed by atoms with Crippen LogP contribution in [0.3, 0.4) is 0 Å². The number of carbonyl (C=O) groups is 1. The number of carboxylic acid groups (broad SMARTS) is 1. The summed E-state index contributed by atoms with van der Waals surface area (Å²) in [6.07, 6.45) is -1.86. The molecule has 0 aliphatic rings. The highest BCUT2D eigenvalue weighted by molar-refractivity contribution is 7.80. The van der Waals surface area contributed by atoms with E-state index in [9.17, 15) is 13.2 Å². The zero-order valence-electron chi connectivity index (χ0n) is 8.24. The SMILES string of the molecule is NCC(CCC(N)(O)C(=O)O)OS(=O)(=O)O. The Morgan fingerprint density at radius 1 is 1.50 bits per heavy atom. The molecule has 0 fully saturated rings. The molecule has 0 rings (SSSR count). The van der Waals surface area contributed by atoms with Crippen LogP contribution in [0.5, 0.6) is 0 Å². The fourth-order valence-electron chi connectivity index (χ4n) is 0.865. The number of hydrogen-bond acceptors (Lipinski definition) is 7. The number of rotatable bonds is 7. The zero-order chi connectivity index (χ0) is 13.0. The molecule has 0 heterocycles. The van der Waals surface area contributed by atoms with E-state index in [1.165, 1.54) is 0 Å². The summed E-state index contributed by atoms with van der Waals surface area (Å²) < 4.78 is 33.1. The van der Waals surface area contributed by atoms with Gasteiger partial charge in [-0.25, -0.2) is 8.98 Å². The van der Waals surface area contributed by atoms with Crippen LogP contribution in [0.25, 0.3) is 0 Å². The summed E-state index contributed by atoms with van der Waals surface area (Å²) >= 11 is 0. The summed E-state index contributed by atoms with van der Waals surface area (Å²) in [5, 5.41) is 17.5. The number of aliphatic hydroxyl groups is 1. The number of nitrogens with two attached hydrogens (primary N) is 2. The topological polar surface area (TPSA) is 173 Å². The van der Waals surface area contributed by atoms with E-state index in [2.05, 4.69) is 4.18 Å². The van der Waals surface area contributed by atoms with Gasteiger partial charge in [0.25, 0.3) is 0 Å². The molecule has 0 aliphatic heterocycles. The van der Waals surface area contributed by atoms with E-state index in [0.717, 1.165) is 0 Å². The van der Waals surface area contributed by atoms with Gasteiger partial charge in [-0.3, -0.25) is 10.3 Å². The van der Waals surface area contributed by atoms with E-state index in [0.29, 0.717) is 0 Å². The number of carboxylic acids is 1. The van der Waals surface area contributed by atoms with Crippen molar-refractivity contribution < 1.29 is 32.2 Å². The van der Waals surface area contributed by atoms with Crippen LogP contribution in [0.15, 0.2) is 0 Å². The Hall–Kier alpha value is -0.780. The van der Waals surface area contributed by atoms with E-state index < -0.39 is 34.6 Å². The average molecular weight is 258 g/mol. The lowest BCUT2D eigenvalue weighted by molar-refractivity contribution is -0.159. The monoisotopic (exact) mass is 258 g/mol. The molecule has 0 bridgehead atoms. The van der Waals surface area contributed by atoms with Crippen molar-refractivity contribution in [2.45, 2.75) is 24.7 Å². The molecule has 0 saturated heterocycles. The van der Waals surface area contributed by atoms with Gasteiger partial charge in [-0.1, -0.05) is 0 Å². The lowest BCUT2D eigenvalue weighted by Crippen LogP contribution is -2.48. The van der Waals surface area contributed by atoms with E-state index in [1.807, 2.05) is 0 Å². The molecule has 16 heavy (non-hydrogen) atoms. The average Bonchev–Trinajstić information content (AvgIpc) is 2.10. The third kappa shape index (κ3) is 5.95. The van der Waals surface area contributed by atoms with E-state index in [4.69, 9.17) is 26.2 Å². The normalized spacial score (nSPS) is 17.8. The molecule has 0 spiro atoms. The van der Waals surface area contributed by atoms with Crippen molar-refractivity contribution >= 4 is 16.4 Å². The lowest BCUT2D eigenvalue weighted by Gasteiger charge is -2.20. The third-order valence-corrected chi connectivity index (χ3v) is 2.25. The smallest absolute Gasteiger partial charge is 0.397 e. The van der Waals surface area contributed by atoms with Gasteiger partial charge in [-0.15, -0.1) is 0 Å². The maximum Gasteiger partial charge on any atom is 0.397 e. The molecule has 0 aliphatic carbocycles. The molecule has 96 valence electrons. The largest absolute Gasteiger partial charge is 0.478 e. The van der Waals surface area contributed by atoms with Crippen molar-refractivity contribution in [1.82, 2.24) is 0 Å². The Balaban J connectivity index is 4.32. The van der Waals surface area contributed by atoms with Crippen molar-refractivity contribution in [2.75, 3.05) is 6.54 Å². The fourth-order valence-corrected chi connectivity index (χ4v) is 1.38. The molecule has 0 radical (unpaired) electrons. The van der Waals surface area contributed by atoms with Gasteiger partial charge in [0.2, 0.25) is 5.72 Å². The van der Waals surface area contributed by atoms with Gasteiger partial charge < -0.3 is 15.9 Å². The molecule has 0 aromatic carbocycles. The van der Waals surface area contributed by atoms with Crippen LogP contribution in [-0.4, -0.2) is 47.5 Å². The van der Waals surface area contributed by atoms with Crippen LogP contribution in [0.4, 0.5) is 0 Å². The molecular formula is C6H14N2O7S. The molecule has 10 heteroatoms. The van der Waals surface area contributed by atoms with Crippen molar-refractivity contribution in [3.05, 3.63) is 0 Å². The minimum atomic E-state index is -4.67. The summed E-state index contributed by atoms with van der Waals surface area (Å²) in [5.74, 6) is -1.66. The zero-order valence-corrected chi connectivity index (χ0v) is 9.05. The van der Waals surface area contributed by atoms with Gasteiger partial charge >= 0.3 is 16.4 Å². The second-order valence-corrected chi connectivity index (χ2v) is 4.20. The highest BCUT2D eigenvalue weighted by Crippen LogP contribution is 2.11. The first-order valence-corrected chi connectivity index (χ1v) is 5.55. The maximum atomic E-state index is 10.4. The van der Waals surface area contributed by atoms with Crippen molar-refractivity contribution in [3.63, 3.8) is 0 Å². The number of aliphatic carboxylic acids is 1. The van der Waals surface area contributed by atoms with Gasteiger partial charge in [0.05, 0.1) is 6.10 Å². The first-order valence-electron chi connectivity index (χ1n) is 4.19. The van der Waals surface area contributed by atoms with Gasteiger partial charge in [0, 0.05) is 13.0 Å². The van der Waals surface area contributed by atoms with Crippen LogP contribution in [0.1, 0.15) is 12.8 Å². The van der Waals surface area contributed by atoms with E-state index in [-0.39, 0.29) is 13.0 Å². The highest BCUT2D eigenvalue weighted by atomic mass is 32.3. The summed E-state index contributed by atoms with van der Waals surface area (Å²) in [6, 6.07) is 0. The molecule has 0 aromatic heterocycles. The standard InChI is InChI=1S/C6H14N2O7S/c7-3-4(15-16(12,13)14)1-2-6(8,11)5(9)10/h4,11H,1-3,7-8H2,(H,9,10)(H,12,13,14). The molecule has 0 aromatic rings. The van der Waals surface area contributed by atoms with Gasteiger partial charge in [0.15, 0.2) is 0 Å². The van der Waals surface area contributed by atoms with Crippen LogP contribution >= 0.6 is 0 Å². The third-order valence-electron chi connectivity index (χ3n) is 1.74. The second kappa shape index (κ2) is 5.52. The minimum absolute atomic E-state index is 0.240. The van der Waals surface area contributed by atoms with Gasteiger partial charge in [-0.2, -0.15) is 8.42 Å². The Morgan fingerprint density at radius 3 is 2.31 bits per heavy atom. The van der Waals surface area contributed by atoms with Gasteiger partial charge in [0.1, 0.15) is 0 Å². The van der Waals surface area contributed by atoms with Crippen LogP contribution < -0.4 is 11.5 Å². The van der Waals surface area contributed by atoms with Crippen LogP contribution in [0.2, 0.25) is 0 Å². The Morgan fingerprint density at radius 2 is 2.00 bits per heavy atom. The predicted molar refractivity (Wildman–Crippen MR) is 51.5 cm³/mol. The minimum Gasteiger partial charge on any atom is -0.478 e. The summed E-state index contributed by atoms with van der Waals surface area (Å²) in [6.45, 7) is -0.282. The predicted octanol–water partition coefficient (Wildman–Crippen LogP) is -2.35. The Kier molecular flexibility index (Phi) is 5.25. The van der Waals surface area contributed by atoms with Gasteiger partial charge in [-0.05, 0) is 6.42 Å². The summed E-state index contributed by atoms with van der Waals surface area (Å²) in [5.41, 5.74) is 7.60. The molecule has 0 saturated carbocycles. The molecular weight excluding hydrogens is 244 g/mol. The van der Waals surface area contributed by atoms with E-state index in [1.54, 1.807) is 0 Å². The molecule has 0 amide bonds. The van der Waals surface area contributed by atoms with Crippen molar-refractivity contribution in [2.24, 2.45) is 11.5 Å². The Bertz CT molecular complexity index is 339. The first-order chi connectivity index (χ1) is 7.08. The fraction of sp³-hybridized carbons (Fsp3) is 0.833. The number of hydrogen-bond donors (Lipinski definition) is 5. The first kappa shape index (κ1) is 15.2. The maximum absolute atomic E-state index is 10.4. The van der Waals surface area contributed by atoms with Crippen LogP contribution in [-0.2, 0) is 19.4 Å². The van der Waals surface area contributed by atoms with E-state index >= 15 is 0 Å². The molecule has 2 atom stereocenters. The quantitative estimate of drug-likeness (QED) is 0.247. The molecule has 7 N–H and O–H groups in total. The van der Waals surface area contributed by atoms with Crippen molar-refractivity contribution in [3.8, 4) is 0 Å². The lowest BCUT2D eigenvalue weighted by atomic mass is 10.1. The van der Waals surface area contributed by atoms with Crippen molar-refractivity contribution in [1.29, 1.82) is 0 Å². The molecule has 9 nitrogen and oxygen atoms in total. The molecule has 2 unspecified atom stereocenters. The second-order valence-electron chi connectivity index (χ2n) is 3.15. The van der Waals surface area contributed by atoms with Crippen LogP contribution in [0, 0.1) is 0 Å². The summed E-state index contributed by atoms with van der Waals surface area (Å²) in [4.78, 5) is 10.4. The summed E-state index contributed by atoms with van der Waals surface area (Å²) in [7, 11) is -4.67. The Labute approximate surface area is 91.9 Å².